The third kappa shape index (κ3) is 6.19. The van der Waals surface area contributed by atoms with Crippen LogP contribution in [0.1, 0.15) is 23.6 Å². The lowest BCUT2D eigenvalue weighted by Crippen LogP contribution is -2.16. The summed E-state index contributed by atoms with van der Waals surface area (Å²) in [5.41, 5.74) is 4.76. The van der Waals surface area contributed by atoms with Crippen LogP contribution in [0.25, 0.3) is 10.9 Å². The van der Waals surface area contributed by atoms with Crippen LogP contribution in [0.3, 0.4) is 0 Å². The van der Waals surface area contributed by atoms with Crippen LogP contribution in [0, 0.1) is 0 Å². The first-order valence-corrected chi connectivity index (χ1v) is 11.0. The van der Waals surface area contributed by atoms with Gasteiger partial charge in [0.1, 0.15) is 6.61 Å². The molecule has 6 heteroatoms. The Kier molecular flexibility index (Phi) is 8.86. The van der Waals surface area contributed by atoms with E-state index in [-0.39, 0.29) is 12.4 Å². The van der Waals surface area contributed by atoms with E-state index >= 15 is 0 Å². The van der Waals surface area contributed by atoms with Crippen LogP contribution in [0.2, 0.25) is 5.02 Å². The molecule has 0 radical (unpaired) electrons. The highest BCUT2D eigenvalue weighted by Crippen LogP contribution is 2.29. The van der Waals surface area contributed by atoms with Crippen molar-refractivity contribution in [3.8, 4) is 11.5 Å². The second-order valence-corrected chi connectivity index (χ2v) is 7.85. The summed E-state index contributed by atoms with van der Waals surface area (Å²) in [6.45, 7) is 4.73. The molecule has 1 heterocycles. The third-order valence-electron chi connectivity index (χ3n) is 5.19. The molecule has 0 saturated heterocycles. The molecule has 3 aromatic carbocycles. The number of hydrogen-bond donors (Lipinski definition) is 2. The number of benzene rings is 3. The molecule has 0 saturated carbocycles. The van der Waals surface area contributed by atoms with E-state index in [1.54, 1.807) is 0 Å². The maximum Gasteiger partial charge on any atom is 0.161 e. The van der Waals surface area contributed by atoms with Gasteiger partial charge in [0.2, 0.25) is 0 Å². The summed E-state index contributed by atoms with van der Waals surface area (Å²) in [5, 5.41) is 5.55. The minimum absolute atomic E-state index is 0. The number of aromatic nitrogens is 1. The Morgan fingerprint density at radius 2 is 1.69 bits per heavy atom. The summed E-state index contributed by atoms with van der Waals surface area (Å²) in [7, 11) is 0. The number of aromatic amines is 1. The van der Waals surface area contributed by atoms with Crippen molar-refractivity contribution in [1.82, 2.24) is 10.3 Å². The molecule has 0 bridgehead atoms. The van der Waals surface area contributed by atoms with E-state index < -0.39 is 0 Å². The van der Waals surface area contributed by atoms with Crippen LogP contribution in [0.15, 0.2) is 72.9 Å². The predicted molar refractivity (Wildman–Crippen MR) is 134 cm³/mol. The van der Waals surface area contributed by atoms with E-state index in [1.807, 2.05) is 37.3 Å². The largest absolute Gasteiger partial charge is 0.490 e. The van der Waals surface area contributed by atoms with Gasteiger partial charge in [-0.3, -0.25) is 0 Å². The van der Waals surface area contributed by atoms with Crippen molar-refractivity contribution in [2.45, 2.75) is 26.5 Å². The van der Waals surface area contributed by atoms with Crippen molar-refractivity contribution in [1.29, 1.82) is 0 Å². The van der Waals surface area contributed by atoms with Gasteiger partial charge in [-0.25, -0.2) is 0 Å². The zero-order valence-corrected chi connectivity index (χ0v) is 19.6. The molecule has 0 fully saturated rings. The topological polar surface area (TPSA) is 46.3 Å². The fraction of sp³-hybridized carbons (Fsp3) is 0.231. The van der Waals surface area contributed by atoms with Gasteiger partial charge >= 0.3 is 0 Å². The van der Waals surface area contributed by atoms with Gasteiger partial charge in [-0.05, 0) is 66.9 Å². The van der Waals surface area contributed by atoms with Gasteiger partial charge in [0.25, 0.3) is 0 Å². The first kappa shape index (κ1) is 24.0. The monoisotopic (exact) mass is 470 g/mol. The first-order chi connectivity index (χ1) is 15.2. The fourth-order valence-electron chi connectivity index (χ4n) is 3.59. The normalized spacial score (nSPS) is 10.7. The molecule has 4 nitrogen and oxygen atoms in total. The summed E-state index contributed by atoms with van der Waals surface area (Å²) >= 11 is 5.95. The molecule has 168 valence electrons. The van der Waals surface area contributed by atoms with Gasteiger partial charge in [-0.2, -0.15) is 0 Å². The van der Waals surface area contributed by atoms with Gasteiger partial charge in [0.15, 0.2) is 11.5 Å². The Balaban J connectivity index is 0.00000289. The quantitative estimate of drug-likeness (QED) is 0.258. The summed E-state index contributed by atoms with van der Waals surface area (Å²) in [6.07, 6.45) is 3.08. The van der Waals surface area contributed by atoms with Crippen LogP contribution in [0.4, 0.5) is 0 Å². The molecule has 0 aliphatic carbocycles. The fourth-order valence-corrected chi connectivity index (χ4v) is 3.71. The van der Waals surface area contributed by atoms with Crippen LogP contribution in [-0.2, 0) is 19.6 Å². The second-order valence-electron chi connectivity index (χ2n) is 7.42. The molecule has 4 rings (SSSR count). The highest BCUT2D eigenvalue weighted by molar-refractivity contribution is 6.30. The van der Waals surface area contributed by atoms with Crippen molar-refractivity contribution in [3.63, 3.8) is 0 Å². The Bertz CT molecular complexity index is 1130. The van der Waals surface area contributed by atoms with Crippen molar-refractivity contribution in [2.24, 2.45) is 0 Å². The third-order valence-corrected chi connectivity index (χ3v) is 5.44. The number of para-hydroxylation sites is 1. The van der Waals surface area contributed by atoms with E-state index in [0.29, 0.717) is 13.2 Å². The highest BCUT2D eigenvalue weighted by Gasteiger charge is 2.08. The summed E-state index contributed by atoms with van der Waals surface area (Å²) < 4.78 is 11.8. The number of ether oxygens (including phenoxy) is 2. The molecule has 0 amide bonds. The number of H-pyrrole nitrogens is 1. The smallest absolute Gasteiger partial charge is 0.161 e. The number of hydrogen-bond acceptors (Lipinski definition) is 3. The van der Waals surface area contributed by atoms with E-state index in [1.165, 1.54) is 22.0 Å². The van der Waals surface area contributed by atoms with Gasteiger partial charge in [-0.15, -0.1) is 12.4 Å². The van der Waals surface area contributed by atoms with E-state index in [2.05, 4.69) is 52.9 Å². The zero-order chi connectivity index (χ0) is 21.5. The summed E-state index contributed by atoms with van der Waals surface area (Å²) in [5.74, 6) is 1.52. The van der Waals surface area contributed by atoms with Crippen molar-refractivity contribution < 1.29 is 9.47 Å². The minimum Gasteiger partial charge on any atom is -0.490 e. The molecule has 2 N–H and O–H groups in total. The number of rotatable bonds is 10. The molecule has 0 aliphatic heterocycles. The van der Waals surface area contributed by atoms with Crippen LogP contribution < -0.4 is 14.8 Å². The molecular weight excluding hydrogens is 443 g/mol. The maximum atomic E-state index is 5.99. The molecule has 1 aromatic heterocycles. The molecule has 0 aliphatic rings. The molecular formula is C26H28Cl2N2O2. The van der Waals surface area contributed by atoms with Gasteiger partial charge in [0, 0.05) is 28.7 Å². The Morgan fingerprint density at radius 1 is 0.906 bits per heavy atom. The Labute approximate surface area is 200 Å². The number of halogens is 2. The molecule has 0 spiro atoms. The molecule has 32 heavy (non-hydrogen) atoms. The zero-order valence-electron chi connectivity index (χ0n) is 18.1. The average Bonchev–Trinajstić information content (AvgIpc) is 3.20. The number of fused-ring (bicyclic) bond motifs is 1. The molecule has 0 unspecified atom stereocenters. The summed E-state index contributed by atoms with van der Waals surface area (Å²) in [4.78, 5) is 3.34. The standard InChI is InChI=1S/C26H27ClN2O2.ClH/c1-2-30-26-15-20(9-12-25(26)31-18-19-7-10-22(27)11-8-19)16-28-14-13-21-17-29-24-6-4-3-5-23(21)24;/h3-12,15,17,28-29H,2,13-14,16,18H2,1H3;1H. The van der Waals surface area contributed by atoms with E-state index in [4.69, 9.17) is 21.1 Å². The second kappa shape index (κ2) is 11.8. The predicted octanol–water partition coefficient (Wildman–Crippen LogP) is 6.55. The van der Waals surface area contributed by atoms with E-state index in [0.717, 1.165) is 41.6 Å². The average molecular weight is 471 g/mol. The van der Waals surface area contributed by atoms with Gasteiger partial charge in [-0.1, -0.05) is 48.0 Å². The van der Waals surface area contributed by atoms with Gasteiger partial charge < -0.3 is 19.8 Å². The molecule has 0 atom stereocenters. The Hall–Kier alpha value is -2.66. The van der Waals surface area contributed by atoms with Crippen molar-refractivity contribution >= 4 is 34.9 Å². The lowest BCUT2D eigenvalue weighted by Gasteiger charge is -2.14. The maximum absolute atomic E-state index is 5.99. The highest BCUT2D eigenvalue weighted by atomic mass is 35.5. The van der Waals surface area contributed by atoms with Crippen molar-refractivity contribution in [3.05, 3.63) is 94.6 Å². The SMILES string of the molecule is CCOc1cc(CNCCc2c[nH]c3ccccc23)ccc1OCc1ccc(Cl)cc1.Cl. The lowest BCUT2D eigenvalue weighted by molar-refractivity contribution is 0.269. The van der Waals surface area contributed by atoms with Crippen LogP contribution >= 0.6 is 24.0 Å². The lowest BCUT2D eigenvalue weighted by atomic mass is 10.1. The summed E-state index contributed by atoms with van der Waals surface area (Å²) in [6, 6.07) is 22.2. The molecule has 4 aromatic rings. The minimum atomic E-state index is 0. The van der Waals surface area contributed by atoms with Crippen molar-refractivity contribution in [2.75, 3.05) is 13.2 Å². The van der Waals surface area contributed by atoms with Gasteiger partial charge in [0.05, 0.1) is 6.61 Å². The van der Waals surface area contributed by atoms with Crippen LogP contribution in [0.5, 0.6) is 11.5 Å². The van der Waals surface area contributed by atoms with Crippen LogP contribution in [-0.4, -0.2) is 18.1 Å². The number of nitrogens with one attached hydrogen (secondary N) is 2. The van der Waals surface area contributed by atoms with E-state index in [9.17, 15) is 0 Å². The Morgan fingerprint density at radius 3 is 2.50 bits per heavy atom. The first-order valence-electron chi connectivity index (χ1n) is 10.6.